The number of carbonyl (C=O) groups is 1. The van der Waals surface area contributed by atoms with Crippen LogP contribution in [0.2, 0.25) is 0 Å². The highest BCUT2D eigenvalue weighted by Gasteiger charge is 2.24. The molecule has 2 aromatic heterocycles. The SMILES string of the molecule is CCCOc1cc(OC)cc(-n2cc(C(=O)N(CC)c3cc(F)cc(F)c3)c(=O)c3ccc(OCCCCCCCC[n+]4ccccc4)cc32)c1. The Labute approximate surface area is 297 Å². The largest absolute Gasteiger partial charge is 0.497 e. The molecule has 0 N–H and O–H groups in total. The van der Waals surface area contributed by atoms with E-state index in [-0.39, 0.29) is 23.2 Å². The van der Waals surface area contributed by atoms with E-state index in [4.69, 9.17) is 14.2 Å². The molecule has 0 aliphatic carbocycles. The van der Waals surface area contributed by atoms with Crippen molar-refractivity contribution in [1.82, 2.24) is 4.57 Å². The predicted molar refractivity (Wildman–Crippen MR) is 195 cm³/mol. The second kappa shape index (κ2) is 18.1. The summed E-state index contributed by atoms with van der Waals surface area (Å²) in [6.07, 6.45) is 13.0. The Bertz CT molecular complexity index is 1960. The highest BCUT2D eigenvalue weighted by atomic mass is 19.1. The van der Waals surface area contributed by atoms with Crippen molar-refractivity contribution in [2.45, 2.75) is 65.3 Å². The zero-order valence-corrected chi connectivity index (χ0v) is 29.6. The molecule has 10 heteroatoms. The summed E-state index contributed by atoms with van der Waals surface area (Å²) in [6.45, 7) is 5.80. The molecule has 0 aliphatic heterocycles. The van der Waals surface area contributed by atoms with E-state index < -0.39 is 23.0 Å². The molecule has 0 radical (unpaired) electrons. The summed E-state index contributed by atoms with van der Waals surface area (Å²) >= 11 is 0. The van der Waals surface area contributed by atoms with E-state index in [0.29, 0.717) is 41.7 Å². The van der Waals surface area contributed by atoms with Gasteiger partial charge in [-0.25, -0.2) is 13.3 Å². The molecule has 0 bridgehead atoms. The van der Waals surface area contributed by atoms with Gasteiger partial charge >= 0.3 is 0 Å². The minimum absolute atomic E-state index is 0.0117. The van der Waals surface area contributed by atoms with Gasteiger partial charge in [0.05, 0.1) is 31.5 Å². The molecule has 1 amide bonds. The van der Waals surface area contributed by atoms with Crippen molar-refractivity contribution in [3.05, 3.63) is 119 Å². The summed E-state index contributed by atoms with van der Waals surface area (Å²) in [6, 6.07) is 19.5. The maximum atomic E-state index is 14.2. The monoisotopic (exact) mass is 698 g/mol. The summed E-state index contributed by atoms with van der Waals surface area (Å²) in [7, 11) is 1.55. The standard InChI is InChI=1S/C41H46F2N3O5/c1-4-20-50-36-26-33(25-35(27-36)49-3)46-29-38(41(48)45(5-2)32-23-30(42)22-31(43)24-32)40(47)37-16-15-34(28-39(37)46)51-21-14-9-7-6-8-11-17-44-18-12-10-13-19-44/h10,12-13,15-16,18-19,22-29H,4-9,11,14,17,20-21H2,1-3H3/q+1. The molecule has 5 aromatic rings. The average molecular weight is 699 g/mol. The second-order valence-electron chi connectivity index (χ2n) is 12.4. The zero-order chi connectivity index (χ0) is 36.2. The maximum absolute atomic E-state index is 14.2. The number of aromatic nitrogens is 2. The Morgan fingerprint density at radius 2 is 1.47 bits per heavy atom. The lowest BCUT2D eigenvalue weighted by Crippen LogP contribution is -2.35. The first-order valence-electron chi connectivity index (χ1n) is 17.7. The molecular formula is C41H46F2N3O5+. The van der Waals surface area contributed by atoms with Gasteiger partial charge in [-0.2, -0.15) is 0 Å². The molecule has 0 saturated carbocycles. The van der Waals surface area contributed by atoms with Crippen molar-refractivity contribution in [3.63, 3.8) is 0 Å². The first kappa shape index (κ1) is 37.0. The highest BCUT2D eigenvalue weighted by Crippen LogP contribution is 2.30. The van der Waals surface area contributed by atoms with Crippen molar-refractivity contribution in [1.29, 1.82) is 0 Å². The third-order valence-corrected chi connectivity index (χ3v) is 8.64. The molecular weight excluding hydrogens is 652 g/mol. The van der Waals surface area contributed by atoms with Gasteiger partial charge in [0.1, 0.15) is 41.0 Å². The lowest BCUT2D eigenvalue weighted by molar-refractivity contribution is -0.697. The van der Waals surface area contributed by atoms with Gasteiger partial charge in [-0.15, -0.1) is 0 Å². The third-order valence-electron chi connectivity index (χ3n) is 8.64. The minimum Gasteiger partial charge on any atom is -0.497 e. The van der Waals surface area contributed by atoms with Crippen LogP contribution in [0.3, 0.4) is 0 Å². The van der Waals surface area contributed by atoms with E-state index in [1.54, 1.807) is 48.9 Å². The molecule has 0 fully saturated rings. The first-order valence-corrected chi connectivity index (χ1v) is 17.7. The number of amides is 1. The van der Waals surface area contributed by atoms with Gasteiger partial charge in [-0.05, 0) is 50.5 Å². The van der Waals surface area contributed by atoms with Crippen LogP contribution in [0.1, 0.15) is 69.2 Å². The number of benzene rings is 3. The molecule has 0 spiro atoms. The molecule has 0 unspecified atom stereocenters. The topological polar surface area (TPSA) is 73.9 Å². The van der Waals surface area contributed by atoms with Gasteiger partial charge in [0.15, 0.2) is 12.4 Å². The molecule has 0 saturated heterocycles. The number of unbranched alkanes of at least 4 members (excludes halogenated alkanes) is 5. The van der Waals surface area contributed by atoms with Crippen LogP contribution < -0.4 is 29.1 Å². The maximum Gasteiger partial charge on any atom is 0.263 e. The van der Waals surface area contributed by atoms with Crippen LogP contribution >= 0.6 is 0 Å². The average Bonchev–Trinajstić information content (AvgIpc) is 3.13. The van der Waals surface area contributed by atoms with E-state index >= 15 is 0 Å². The normalized spacial score (nSPS) is 11.1. The molecule has 3 aromatic carbocycles. The van der Waals surface area contributed by atoms with Crippen LogP contribution in [0.15, 0.2) is 96.2 Å². The van der Waals surface area contributed by atoms with Gasteiger partial charge in [-0.3, -0.25) is 9.59 Å². The molecule has 8 nitrogen and oxygen atoms in total. The van der Waals surface area contributed by atoms with Gasteiger partial charge in [0, 0.05) is 72.7 Å². The number of hydrogen-bond donors (Lipinski definition) is 0. The Morgan fingerprint density at radius 1 is 0.784 bits per heavy atom. The lowest BCUT2D eigenvalue weighted by Gasteiger charge is -2.22. The van der Waals surface area contributed by atoms with E-state index in [9.17, 15) is 18.4 Å². The summed E-state index contributed by atoms with van der Waals surface area (Å²) in [5, 5.41) is 0.280. The number of pyridine rings is 2. The fraction of sp³-hybridized carbons (Fsp3) is 0.341. The highest BCUT2D eigenvalue weighted by molar-refractivity contribution is 6.07. The third kappa shape index (κ3) is 9.72. The van der Waals surface area contributed by atoms with Crippen LogP contribution in [0, 0.1) is 11.6 Å². The zero-order valence-electron chi connectivity index (χ0n) is 29.6. The van der Waals surface area contributed by atoms with Gasteiger partial charge in [0.2, 0.25) is 5.43 Å². The number of rotatable bonds is 18. The second-order valence-corrected chi connectivity index (χ2v) is 12.4. The fourth-order valence-electron chi connectivity index (χ4n) is 6.04. The van der Waals surface area contributed by atoms with Crippen LogP contribution in [0.5, 0.6) is 17.2 Å². The van der Waals surface area contributed by atoms with Crippen molar-refractivity contribution in [3.8, 4) is 22.9 Å². The van der Waals surface area contributed by atoms with Gasteiger partial charge in [0.25, 0.3) is 5.91 Å². The van der Waals surface area contributed by atoms with Crippen molar-refractivity contribution >= 4 is 22.5 Å². The van der Waals surface area contributed by atoms with Gasteiger partial charge < -0.3 is 23.7 Å². The Balaban J connectivity index is 1.39. The van der Waals surface area contributed by atoms with E-state index in [1.165, 1.54) is 23.9 Å². The summed E-state index contributed by atoms with van der Waals surface area (Å²) < 4.78 is 49.9. The number of hydrogen-bond acceptors (Lipinski definition) is 5. The summed E-state index contributed by atoms with van der Waals surface area (Å²) in [4.78, 5) is 29.1. The Hall–Kier alpha value is -5.25. The molecule has 5 rings (SSSR count). The Morgan fingerprint density at radius 3 is 2.18 bits per heavy atom. The molecule has 0 aliphatic rings. The number of ether oxygens (including phenoxy) is 3. The molecule has 0 atom stereocenters. The number of aryl methyl sites for hydroxylation is 1. The minimum atomic E-state index is -0.825. The van der Waals surface area contributed by atoms with Crippen LogP contribution in [0.4, 0.5) is 14.5 Å². The number of anilines is 1. The quantitative estimate of drug-likeness (QED) is 0.0679. The fourth-order valence-corrected chi connectivity index (χ4v) is 6.04. The van der Waals surface area contributed by atoms with Crippen LogP contribution in [0.25, 0.3) is 16.6 Å². The lowest BCUT2D eigenvalue weighted by atomic mass is 10.1. The van der Waals surface area contributed by atoms with E-state index in [2.05, 4.69) is 17.0 Å². The van der Waals surface area contributed by atoms with E-state index in [0.717, 1.165) is 56.8 Å². The van der Waals surface area contributed by atoms with Crippen LogP contribution in [-0.4, -0.2) is 37.3 Å². The Kier molecular flexibility index (Phi) is 13.2. The van der Waals surface area contributed by atoms with Crippen molar-refractivity contribution < 1.29 is 32.4 Å². The summed E-state index contributed by atoms with van der Waals surface area (Å²) in [5.74, 6) is -0.669. The molecule has 2 heterocycles. The van der Waals surface area contributed by atoms with E-state index in [1.807, 2.05) is 31.2 Å². The first-order chi connectivity index (χ1) is 24.8. The predicted octanol–water partition coefficient (Wildman–Crippen LogP) is 8.44. The molecule has 51 heavy (non-hydrogen) atoms. The number of fused-ring (bicyclic) bond motifs is 1. The number of methoxy groups -OCH3 is 1. The smallest absolute Gasteiger partial charge is 0.263 e. The van der Waals surface area contributed by atoms with Crippen molar-refractivity contribution in [2.24, 2.45) is 0 Å². The van der Waals surface area contributed by atoms with Gasteiger partial charge in [-0.1, -0.05) is 32.3 Å². The number of nitrogens with zero attached hydrogens (tertiary/aromatic N) is 3. The van der Waals surface area contributed by atoms with Crippen molar-refractivity contribution in [2.75, 3.05) is 31.8 Å². The van der Waals surface area contributed by atoms with Crippen LogP contribution in [-0.2, 0) is 6.54 Å². The number of carbonyl (C=O) groups excluding carboxylic acids is 1. The summed E-state index contributed by atoms with van der Waals surface area (Å²) in [5.41, 5.74) is 0.438. The molecule has 268 valence electrons. The number of halogens is 2.